The first-order chi connectivity index (χ1) is 13.8. The fourth-order valence-corrected chi connectivity index (χ4v) is 4.25. The van der Waals surface area contributed by atoms with E-state index in [4.69, 9.17) is 11.6 Å². The lowest BCUT2D eigenvalue weighted by atomic mass is 9.96. The Morgan fingerprint density at radius 1 is 1.17 bits per heavy atom. The molecule has 29 heavy (non-hydrogen) atoms. The molecule has 2 aromatic rings. The number of nitrogens with one attached hydrogen (secondary N) is 1. The van der Waals surface area contributed by atoms with Crippen molar-refractivity contribution in [2.45, 2.75) is 50.9 Å². The molecule has 0 spiro atoms. The van der Waals surface area contributed by atoms with E-state index in [1.54, 1.807) is 17.0 Å². The fraction of sp³-hybridized carbons (Fsp3) is 0.500. The molecule has 1 fully saturated rings. The number of aryl methyl sites for hydroxylation is 1. The molecule has 1 amide bonds. The molecule has 0 bridgehead atoms. The Bertz CT molecular complexity index is 904. The summed E-state index contributed by atoms with van der Waals surface area (Å²) in [5.74, 6) is -0.364. The van der Waals surface area contributed by atoms with Gasteiger partial charge >= 0.3 is 6.18 Å². The number of alkyl halides is 3. The van der Waals surface area contributed by atoms with Crippen LogP contribution in [0.15, 0.2) is 24.3 Å². The van der Waals surface area contributed by atoms with Crippen molar-refractivity contribution in [2.24, 2.45) is 0 Å². The summed E-state index contributed by atoms with van der Waals surface area (Å²) in [5, 5.41) is 7.06. The highest BCUT2D eigenvalue weighted by Crippen LogP contribution is 2.46. The van der Waals surface area contributed by atoms with E-state index in [2.05, 4.69) is 10.4 Å². The van der Waals surface area contributed by atoms with Crippen molar-refractivity contribution in [3.63, 3.8) is 0 Å². The number of halogens is 4. The van der Waals surface area contributed by atoms with Crippen LogP contribution in [0.2, 0.25) is 5.02 Å². The summed E-state index contributed by atoms with van der Waals surface area (Å²) in [5.41, 5.74) is 1.64. The molecule has 5 nitrogen and oxygen atoms in total. The average Bonchev–Trinajstić information content (AvgIpc) is 3.04. The first-order valence-electron chi connectivity index (χ1n) is 9.73. The number of likely N-dealkylation sites (tertiary alicyclic amines) is 1. The van der Waals surface area contributed by atoms with Gasteiger partial charge in [-0.3, -0.25) is 4.79 Å². The fourth-order valence-electron chi connectivity index (χ4n) is 3.99. The summed E-state index contributed by atoms with van der Waals surface area (Å²) < 4.78 is 42.4. The Labute approximate surface area is 171 Å². The van der Waals surface area contributed by atoms with Crippen LogP contribution in [0.5, 0.6) is 0 Å². The van der Waals surface area contributed by atoms with Crippen LogP contribution < -0.4 is 5.32 Å². The molecule has 1 saturated heterocycles. The van der Waals surface area contributed by atoms with Crippen LogP contribution in [-0.4, -0.2) is 39.9 Å². The molecule has 4 rings (SSSR count). The molecule has 0 aliphatic carbocycles. The van der Waals surface area contributed by atoms with E-state index in [1.807, 2.05) is 19.1 Å². The summed E-state index contributed by atoms with van der Waals surface area (Å²) in [6.45, 7) is 3.06. The van der Waals surface area contributed by atoms with Gasteiger partial charge < -0.3 is 10.2 Å². The van der Waals surface area contributed by atoms with Crippen molar-refractivity contribution >= 4 is 23.3 Å². The standard InChI is InChI=1S/C20H22ClF3N4O/c1-12-5-7-13(8-6-12)14-11-15(20(22,23)24)28-18(25-14)16(21)17(26-28)19(29)27-9-3-2-4-10-27/h5-8,14-15,25H,2-4,9-11H2,1H3. The van der Waals surface area contributed by atoms with Gasteiger partial charge in [0, 0.05) is 19.5 Å². The Morgan fingerprint density at radius 2 is 1.83 bits per heavy atom. The van der Waals surface area contributed by atoms with Crippen LogP contribution in [0.1, 0.15) is 59.4 Å². The lowest BCUT2D eigenvalue weighted by Gasteiger charge is -2.33. The van der Waals surface area contributed by atoms with Gasteiger partial charge in [0.1, 0.15) is 10.8 Å². The lowest BCUT2D eigenvalue weighted by molar-refractivity contribution is -0.173. The highest BCUT2D eigenvalue weighted by atomic mass is 35.5. The first-order valence-corrected chi connectivity index (χ1v) is 10.1. The number of aromatic nitrogens is 2. The summed E-state index contributed by atoms with van der Waals surface area (Å²) in [4.78, 5) is 14.5. The molecule has 2 aliphatic heterocycles. The first kappa shape index (κ1) is 20.1. The topological polar surface area (TPSA) is 50.2 Å². The third kappa shape index (κ3) is 3.82. The van der Waals surface area contributed by atoms with Gasteiger partial charge in [0.25, 0.3) is 5.91 Å². The molecule has 3 heterocycles. The molecular formula is C20H22ClF3N4O. The van der Waals surface area contributed by atoms with Crippen LogP contribution in [0.25, 0.3) is 0 Å². The number of benzene rings is 1. The largest absolute Gasteiger partial charge is 0.410 e. The number of carbonyl (C=O) groups is 1. The smallest absolute Gasteiger partial charge is 0.362 e. The Hall–Kier alpha value is -2.22. The van der Waals surface area contributed by atoms with Gasteiger partial charge in [-0.25, -0.2) is 4.68 Å². The minimum absolute atomic E-state index is 0.0474. The van der Waals surface area contributed by atoms with Crippen LogP contribution in [0, 0.1) is 6.92 Å². The van der Waals surface area contributed by atoms with Crippen molar-refractivity contribution in [2.75, 3.05) is 18.4 Å². The zero-order chi connectivity index (χ0) is 20.8. The van der Waals surface area contributed by atoms with Crippen LogP contribution in [-0.2, 0) is 0 Å². The lowest BCUT2D eigenvalue weighted by Crippen LogP contribution is -2.37. The number of hydrogen-bond donors (Lipinski definition) is 1. The molecule has 1 aromatic heterocycles. The van der Waals surface area contributed by atoms with Crippen molar-refractivity contribution < 1.29 is 18.0 Å². The van der Waals surface area contributed by atoms with Crippen molar-refractivity contribution in [1.82, 2.24) is 14.7 Å². The van der Waals surface area contributed by atoms with Crippen LogP contribution in [0.3, 0.4) is 0 Å². The second-order valence-electron chi connectivity index (χ2n) is 7.71. The van der Waals surface area contributed by atoms with Gasteiger partial charge in [-0.05, 0) is 31.7 Å². The Kier molecular flexibility index (Phi) is 5.23. The number of rotatable bonds is 2. The SMILES string of the molecule is Cc1ccc(C2CC(C(F)(F)F)n3nc(C(=O)N4CCCCC4)c(Cl)c3N2)cc1. The molecule has 1 aromatic carbocycles. The minimum Gasteiger partial charge on any atom is -0.362 e. The molecule has 1 N–H and O–H groups in total. The van der Waals surface area contributed by atoms with Crippen molar-refractivity contribution in [3.8, 4) is 0 Å². The average molecular weight is 427 g/mol. The predicted molar refractivity (Wildman–Crippen MR) is 104 cm³/mol. The van der Waals surface area contributed by atoms with Gasteiger partial charge in [0.05, 0.1) is 6.04 Å². The van der Waals surface area contributed by atoms with E-state index >= 15 is 0 Å². The Morgan fingerprint density at radius 3 is 2.45 bits per heavy atom. The quantitative estimate of drug-likeness (QED) is 0.724. The summed E-state index contributed by atoms with van der Waals surface area (Å²) in [6, 6.07) is 4.89. The van der Waals surface area contributed by atoms with E-state index in [1.165, 1.54) is 0 Å². The number of anilines is 1. The molecule has 2 aliphatic rings. The minimum atomic E-state index is -4.51. The number of amides is 1. The van der Waals surface area contributed by atoms with E-state index in [0.717, 1.165) is 35.1 Å². The van der Waals surface area contributed by atoms with Gasteiger partial charge in [-0.15, -0.1) is 0 Å². The second-order valence-corrected chi connectivity index (χ2v) is 8.09. The van der Waals surface area contributed by atoms with Gasteiger partial charge in [-0.1, -0.05) is 41.4 Å². The molecule has 9 heteroatoms. The summed E-state index contributed by atoms with van der Waals surface area (Å²) in [6.07, 6.45) is -1.96. The molecular weight excluding hydrogens is 405 g/mol. The summed E-state index contributed by atoms with van der Waals surface area (Å²) >= 11 is 6.39. The maximum absolute atomic E-state index is 13.8. The van der Waals surface area contributed by atoms with Crippen LogP contribution >= 0.6 is 11.6 Å². The van der Waals surface area contributed by atoms with Gasteiger partial charge in [-0.2, -0.15) is 18.3 Å². The molecule has 0 saturated carbocycles. The van der Waals surface area contributed by atoms with Crippen molar-refractivity contribution in [3.05, 3.63) is 46.1 Å². The van der Waals surface area contributed by atoms with Crippen molar-refractivity contribution in [1.29, 1.82) is 0 Å². The third-order valence-corrected chi connectivity index (χ3v) is 5.98. The molecule has 0 radical (unpaired) electrons. The number of fused-ring (bicyclic) bond motifs is 1. The second kappa shape index (κ2) is 7.55. The molecule has 2 atom stereocenters. The number of nitrogens with zero attached hydrogens (tertiary/aromatic N) is 3. The molecule has 2 unspecified atom stereocenters. The van der Waals surface area contributed by atoms with E-state index in [-0.39, 0.29) is 23.0 Å². The predicted octanol–water partition coefficient (Wildman–Crippen LogP) is 5.13. The third-order valence-electron chi connectivity index (χ3n) is 5.62. The number of piperidine rings is 1. The maximum atomic E-state index is 13.8. The van der Waals surface area contributed by atoms with Gasteiger partial charge in [0.15, 0.2) is 11.7 Å². The molecule has 156 valence electrons. The highest BCUT2D eigenvalue weighted by Gasteiger charge is 2.48. The number of hydrogen-bond acceptors (Lipinski definition) is 3. The van der Waals surface area contributed by atoms with E-state index in [0.29, 0.717) is 13.1 Å². The number of carbonyl (C=O) groups excluding carboxylic acids is 1. The Balaban J connectivity index is 1.71. The van der Waals surface area contributed by atoms with E-state index in [9.17, 15) is 18.0 Å². The maximum Gasteiger partial charge on any atom is 0.410 e. The van der Waals surface area contributed by atoms with Crippen LogP contribution in [0.4, 0.5) is 19.0 Å². The zero-order valence-corrected chi connectivity index (χ0v) is 16.7. The van der Waals surface area contributed by atoms with E-state index < -0.39 is 24.2 Å². The summed E-state index contributed by atoms with van der Waals surface area (Å²) in [7, 11) is 0. The zero-order valence-electron chi connectivity index (χ0n) is 16.0. The highest BCUT2D eigenvalue weighted by molar-refractivity contribution is 6.36. The monoisotopic (exact) mass is 426 g/mol. The normalized spacial score (nSPS) is 22.2. The van der Waals surface area contributed by atoms with Gasteiger partial charge in [0.2, 0.25) is 0 Å².